The third kappa shape index (κ3) is 6.03. The Balaban J connectivity index is 2.45. The number of amides is 2. The summed E-state index contributed by atoms with van der Waals surface area (Å²) in [5.41, 5.74) is 6.09. The van der Waals surface area contributed by atoms with E-state index in [1.807, 2.05) is 0 Å². The number of carbonyl (C=O) groups is 2. The molecule has 2 rings (SSSR count). The molecule has 2 amide bonds. The minimum absolute atomic E-state index is 0.0375. The quantitative estimate of drug-likeness (QED) is 0.669. The van der Waals surface area contributed by atoms with Crippen molar-refractivity contribution in [3.05, 3.63) is 35.3 Å². The van der Waals surface area contributed by atoms with E-state index in [0.29, 0.717) is 11.3 Å². The van der Waals surface area contributed by atoms with Crippen LogP contribution in [0.1, 0.15) is 48.1 Å². The zero-order chi connectivity index (χ0) is 23.3. The van der Waals surface area contributed by atoms with Gasteiger partial charge < -0.3 is 15.2 Å². The molecule has 168 valence electrons. The first-order valence-electron chi connectivity index (χ1n) is 9.17. The zero-order valence-corrected chi connectivity index (χ0v) is 17.4. The standard InChI is InChI=1S/C19H22F3N5O4/c1-5-15(28)27(18-25-10(2)6-13(26-18)16(23)29)11(3)12-7-14(30-4)17(24-8-12)31-9-19(20,21)22/h6-8,11H,5,9H2,1-4H3,(H2,23,29). The second kappa shape index (κ2) is 9.58. The predicted molar refractivity (Wildman–Crippen MR) is 104 cm³/mol. The molecule has 9 nitrogen and oxygen atoms in total. The lowest BCUT2D eigenvalue weighted by molar-refractivity contribution is -0.154. The van der Waals surface area contributed by atoms with Crippen molar-refractivity contribution in [3.8, 4) is 11.6 Å². The number of nitrogens with two attached hydrogens (primary N) is 1. The van der Waals surface area contributed by atoms with E-state index in [0.717, 1.165) is 0 Å². The highest BCUT2D eigenvalue weighted by Crippen LogP contribution is 2.32. The van der Waals surface area contributed by atoms with Gasteiger partial charge in [-0.2, -0.15) is 13.2 Å². The summed E-state index contributed by atoms with van der Waals surface area (Å²) in [4.78, 5) is 37.7. The second-order valence-corrected chi connectivity index (χ2v) is 6.53. The lowest BCUT2D eigenvalue weighted by atomic mass is 10.1. The molecule has 0 aliphatic carbocycles. The number of anilines is 1. The SMILES string of the molecule is CCC(=O)N(c1nc(C)cc(C(N)=O)n1)C(C)c1cnc(OCC(F)(F)F)c(OC)c1. The molecule has 0 aromatic carbocycles. The fourth-order valence-corrected chi connectivity index (χ4v) is 2.69. The first-order valence-corrected chi connectivity index (χ1v) is 9.17. The minimum atomic E-state index is -4.54. The van der Waals surface area contributed by atoms with E-state index >= 15 is 0 Å². The summed E-state index contributed by atoms with van der Waals surface area (Å²) in [5.74, 6) is -1.56. The molecule has 1 atom stereocenters. The number of aromatic nitrogens is 3. The molecule has 2 N–H and O–H groups in total. The number of halogens is 3. The van der Waals surface area contributed by atoms with E-state index in [1.165, 1.54) is 30.3 Å². The molecule has 31 heavy (non-hydrogen) atoms. The molecule has 0 radical (unpaired) electrons. The molecule has 2 aromatic rings. The van der Waals surface area contributed by atoms with Crippen molar-refractivity contribution in [2.75, 3.05) is 18.6 Å². The highest BCUT2D eigenvalue weighted by molar-refractivity contribution is 5.94. The Kier molecular flexibility index (Phi) is 7.37. The topological polar surface area (TPSA) is 121 Å². The van der Waals surface area contributed by atoms with Gasteiger partial charge in [-0.25, -0.2) is 15.0 Å². The van der Waals surface area contributed by atoms with Crippen molar-refractivity contribution >= 4 is 17.8 Å². The van der Waals surface area contributed by atoms with E-state index in [1.54, 1.807) is 20.8 Å². The van der Waals surface area contributed by atoms with Crippen LogP contribution in [0.3, 0.4) is 0 Å². The Hall–Kier alpha value is -3.44. The number of rotatable bonds is 8. The molecule has 0 aliphatic heterocycles. The van der Waals surface area contributed by atoms with Crippen LogP contribution >= 0.6 is 0 Å². The number of nitrogens with zero attached hydrogens (tertiary/aromatic N) is 4. The summed E-state index contributed by atoms with van der Waals surface area (Å²) in [7, 11) is 1.25. The van der Waals surface area contributed by atoms with Gasteiger partial charge in [0, 0.05) is 18.3 Å². The average Bonchev–Trinajstić information content (AvgIpc) is 2.70. The van der Waals surface area contributed by atoms with E-state index in [4.69, 9.17) is 10.5 Å². The van der Waals surface area contributed by atoms with Crippen LogP contribution in [0.25, 0.3) is 0 Å². The molecule has 0 spiro atoms. The van der Waals surface area contributed by atoms with Crippen LogP contribution in [0.5, 0.6) is 11.6 Å². The fourth-order valence-electron chi connectivity index (χ4n) is 2.69. The van der Waals surface area contributed by atoms with Gasteiger partial charge >= 0.3 is 6.18 Å². The molecular weight excluding hydrogens is 419 g/mol. The van der Waals surface area contributed by atoms with Gasteiger partial charge in [0.2, 0.25) is 11.9 Å². The van der Waals surface area contributed by atoms with Crippen molar-refractivity contribution < 1.29 is 32.2 Å². The molecule has 0 aliphatic rings. The predicted octanol–water partition coefficient (Wildman–Crippen LogP) is 2.73. The highest BCUT2D eigenvalue weighted by atomic mass is 19.4. The number of hydrogen-bond donors (Lipinski definition) is 1. The molecule has 0 fully saturated rings. The maximum Gasteiger partial charge on any atom is 0.422 e. The van der Waals surface area contributed by atoms with Crippen LogP contribution in [0.2, 0.25) is 0 Å². The normalized spacial score (nSPS) is 12.2. The summed E-state index contributed by atoms with van der Waals surface area (Å²) in [5, 5.41) is 0. The number of pyridine rings is 1. The number of carbonyl (C=O) groups excluding carboxylic acids is 2. The maximum absolute atomic E-state index is 12.7. The molecule has 0 saturated carbocycles. The smallest absolute Gasteiger partial charge is 0.422 e. The van der Waals surface area contributed by atoms with Crippen molar-refractivity contribution in [1.29, 1.82) is 0 Å². The van der Waals surface area contributed by atoms with Crippen LogP contribution < -0.4 is 20.1 Å². The summed E-state index contributed by atoms with van der Waals surface area (Å²) in [6.45, 7) is 3.38. The Bertz CT molecular complexity index is 968. The highest BCUT2D eigenvalue weighted by Gasteiger charge is 2.30. The van der Waals surface area contributed by atoms with E-state index in [-0.39, 0.29) is 35.6 Å². The summed E-state index contributed by atoms with van der Waals surface area (Å²) < 4.78 is 47.1. The van der Waals surface area contributed by atoms with Gasteiger partial charge in [-0.3, -0.25) is 14.5 Å². The van der Waals surface area contributed by atoms with Crippen LogP contribution in [0.4, 0.5) is 19.1 Å². The molecule has 12 heteroatoms. The minimum Gasteiger partial charge on any atom is -0.491 e. The molecule has 0 bridgehead atoms. The van der Waals surface area contributed by atoms with E-state index in [9.17, 15) is 22.8 Å². The van der Waals surface area contributed by atoms with Gasteiger partial charge in [-0.1, -0.05) is 6.92 Å². The Morgan fingerprint density at radius 3 is 2.48 bits per heavy atom. The average molecular weight is 441 g/mol. The van der Waals surface area contributed by atoms with Gasteiger partial charge in [0.1, 0.15) is 5.69 Å². The number of methoxy groups -OCH3 is 1. The lowest BCUT2D eigenvalue weighted by Crippen LogP contribution is -2.35. The van der Waals surface area contributed by atoms with Gasteiger partial charge in [0.05, 0.1) is 13.2 Å². The fraction of sp³-hybridized carbons (Fsp3) is 0.421. The van der Waals surface area contributed by atoms with Crippen molar-refractivity contribution in [3.63, 3.8) is 0 Å². The Morgan fingerprint density at radius 2 is 1.94 bits per heavy atom. The van der Waals surface area contributed by atoms with Gasteiger partial charge in [-0.05, 0) is 31.5 Å². The van der Waals surface area contributed by atoms with Crippen LogP contribution in [-0.4, -0.2) is 46.7 Å². The summed E-state index contributed by atoms with van der Waals surface area (Å²) >= 11 is 0. The van der Waals surface area contributed by atoms with E-state index in [2.05, 4.69) is 19.7 Å². The molecule has 1 unspecified atom stereocenters. The van der Waals surface area contributed by atoms with Crippen molar-refractivity contribution in [2.45, 2.75) is 39.4 Å². The van der Waals surface area contributed by atoms with Crippen molar-refractivity contribution in [1.82, 2.24) is 15.0 Å². The van der Waals surface area contributed by atoms with Crippen molar-refractivity contribution in [2.24, 2.45) is 5.73 Å². The summed E-state index contributed by atoms with van der Waals surface area (Å²) in [6.07, 6.45) is -3.17. The maximum atomic E-state index is 12.7. The third-order valence-corrected chi connectivity index (χ3v) is 4.18. The molecular formula is C19H22F3N5O4. The Morgan fingerprint density at radius 1 is 1.26 bits per heavy atom. The monoisotopic (exact) mass is 441 g/mol. The first kappa shape index (κ1) is 23.8. The Labute approximate surface area is 176 Å². The van der Waals surface area contributed by atoms with Gasteiger partial charge in [0.25, 0.3) is 11.8 Å². The number of aryl methyl sites for hydroxylation is 1. The summed E-state index contributed by atoms with van der Waals surface area (Å²) in [6, 6.07) is 2.10. The number of alkyl halides is 3. The van der Waals surface area contributed by atoms with Crippen LogP contribution in [0, 0.1) is 6.92 Å². The third-order valence-electron chi connectivity index (χ3n) is 4.18. The van der Waals surface area contributed by atoms with Crippen LogP contribution in [-0.2, 0) is 4.79 Å². The van der Waals surface area contributed by atoms with Crippen LogP contribution in [0.15, 0.2) is 18.3 Å². The number of primary amides is 1. The number of ether oxygens (including phenoxy) is 2. The molecule has 0 saturated heterocycles. The second-order valence-electron chi connectivity index (χ2n) is 6.53. The first-order chi connectivity index (χ1) is 14.5. The zero-order valence-electron chi connectivity index (χ0n) is 17.4. The molecule has 2 aromatic heterocycles. The van der Waals surface area contributed by atoms with Gasteiger partial charge in [-0.15, -0.1) is 0 Å². The lowest BCUT2D eigenvalue weighted by Gasteiger charge is -2.28. The van der Waals surface area contributed by atoms with E-state index < -0.39 is 24.7 Å². The largest absolute Gasteiger partial charge is 0.491 e. The molecule has 2 heterocycles. The van der Waals surface area contributed by atoms with Gasteiger partial charge in [0.15, 0.2) is 12.4 Å². The number of hydrogen-bond acceptors (Lipinski definition) is 7.